The van der Waals surface area contributed by atoms with Crippen LogP contribution in [0.2, 0.25) is 19.6 Å². The Bertz CT molecular complexity index is 427. The average molecular weight is 274 g/mol. The van der Waals surface area contributed by atoms with Gasteiger partial charge in [0.1, 0.15) is 5.76 Å². The summed E-state index contributed by atoms with van der Waals surface area (Å²) in [6.07, 6.45) is -2.52. The minimum atomic E-state index is -4.30. The minimum Gasteiger partial charge on any atom is -0.544 e. The predicted molar refractivity (Wildman–Crippen MR) is 69.5 cm³/mol. The minimum absolute atomic E-state index is 0.642. The Morgan fingerprint density at radius 3 is 1.94 bits per heavy atom. The van der Waals surface area contributed by atoms with Gasteiger partial charge in [0.2, 0.25) is 8.32 Å². The van der Waals surface area contributed by atoms with Crippen LogP contribution in [0.25, 0.3) is 5.76 Å². The first-order valence-electron chi connectivity index (χ1n) is 5.66. The van der Waals surface area contributed by atoms with Gasteiger partial charge >= 0.3 is 6.18 Å². The molecule has 100 valence electrons. The van der Waals surface area contributed by atoms with E-state index in [2.05, 4.69) is 0 Å². The van der Waals surface area contributed by atoms with Crippen molar-refractivity contribution in [3.63, 3.8) is 0 Å². The van der Waals surface area contributed by atoms with Crippen molar-refractivity contribution in [1.29, 1.82) is 0 Å². The van der Waals surface area contributed by atoms with Crippen LogP contribution < -0.4 is 0 Å². The Hall–Kier alpha value is -1.23. The molecule has 0 amide bonds. The molecule has 1 aromatic carbocycles. The molecule has 1 aromatic rings. The molecule has 0 spiro atoms. The van der Waals surface area contributed by atoms with Gasteiger partial charge in [-0.05, 0) is 44.8 Å². The van der Waals surface area contributed by atoms with E-state index >= 15 is 0 Å². The lowest BCUT2D eigenvalue weighted by molar-refractivity contribution is -0.137. The Morgan fingerprint density at radius 1 is 1.11 bits per heavy atom. The molecule has 0 saturated carbocycles. The zero-order valence-electron chi connectivity index (χ0n) is 10.9. The van der Waals surface area contributed by atoms with Crippen molar-refractivity contribution in [2.75, 3.05) is 0 Å². The van der Waals surface area contributed by atoms with Gasteiger partial charge in [0.05, 0.1) is 5.56 Å². The number of allylic oxidation sites excluding steroid dienone is 1. The van der Waals surface area contributed by atoms with Crippen molar-refractivity contribution in [2.45, 2.75) is 32.7 Å². The number of hydrogen-bond acceptors (Lipinski definition) is 1. The van der Waals surface area contributed by atoms with E-state index < -0.39 is 20.1 Å². The van der Waals surface area contributed by atoms with Crippen LogP contribution in [-0.4, -0.2) is 8.32 Å². The second kappa shape index (κ2) is 5.18. The van der Waals surface area contributed by atoms with Crippen LogP contribution in [-0.2, 0) is 10.6 Å². The number of alkyl halides is 3. The van der Waals surface area contributed by atoms with E-state index in [1.807, 2.05) is 26.6 Å². The summed E-state index contributed by atoms with van der Waals surface area (Å²) in [5.74, 6) is 0.642. The Kier molecular flexibility index (Phi) is 4.27. The third-order valence-corrected chi connectivity index (χ3v) is 3.01. The van der Waals surface area contributed by atoms with E-state index in [1.54, 1.807) is 6.08 Å². The van der Waals surface area contributed by atoms with Crippen LogP contribution in [0.3, 0.4) is 0 Å². The number of benzene rings is 1. The highest BCUT2D eigenvalue weighted by atomic mass is 28.4. The first-order chi connectivity index (χ1) is 8.13. The summed E-state index contributed by atoms with van der Waals surface area (Å²) in [6, 6.07) is 5.04. The smallest absolute Gasteiger partial charge is 0.416 e. The van der Waals surface area contributed by atoms with Gasteiger partial charge in [-0.15, -0.1) is 0 Å². The normalized spacial score (nSPS) is 13.6. The summed E-state index contributed by atoms with van der Waals surface area (Å²) in [6.45, 7) is 7.90. The van der Waals surface area contributed by atoms with Gasteiger partial charge in [-0.25, -0.2) is 0 Å². The van der Waals surface area contributed by atoms with Gasteiger partial charge in [0, 0.05) is 5.56 Å². The molecule has 0 aliphatic carbocycles. The van der Waals surface area contributed by atoms with E-state index in [0.29, 0.717) is 11.3 Å². The van der Waals surface area contributed by atoms with E-state index in [9.17, 15) is 13.2 Å². The van der Waals surface area contributed by atoms with Crippen molar-refractivity contribution in [3.8, 4) is 0 Å². The van der Waals surface area contributed by atoms with Gasteiger partial charge in [-0.1, -0.05) is 12.1 Å². The van der Waals surface area contributed by atoms with Crippen molar-refractivity contribution in [3.05, 3.63) is 41.5 Å². The van der Waals surface area contributed by atoms with E-state index in [-0.39, 0.29) is 0 Å². The molecular weight excluding hydrogens is 257 g/mol. The van der Waals surface area contributed by atoms with E-state index in [4.69, 9.17) is 4.43 Å². The van der Waals surface area contributed by atoms with Crippen molar-refractivity contribution in [2.24, 2.45) is 0 Å². The zero-order chi connectivity index (χ0) is 14.0. The first-order valence-corrected chi connectivity index (χ1v) is 9.07. The van der Waals surface area contributed by atoms with Crippen molar-refractivity contribution in [1.82, 2.24) is 0 Å². The second-order valence-corrected chi connectivity index (χ2v) is 9.37. The maximum Gasteiger partial charge on any atom is 0.416 e. The van der Waals surface area contributed by atoms with Gasteiger partial charge < -0.3 is 4.43 Å². The predicted octanol–water partition coefficient (Wildman–Crippen LogP) is 4.92. The lowest BCUT2D eigenvalue weighted by Gasteiger charge is -2.22. The highest BCUT2D eigenvalue weighted by Crippen LogP contribution is 2.30. The summed E-state index contributed by atoms with van der Waals surface area (Å²) < 4.78 is 43.1. The third-order valence-electron chi connectivity index (χ3n) is 2.18. The standard InChI is InChI=1S/C13H17F3OSi/c1-5-12(17-18(2,3)4)10-6-8-11(9-7-10)13(14,15)16/h5-9H,1-4H3/b12-5-. The highest BCUT2D eigenvalue weighted by Gasteiger charge is 2.30. The molecule has 5 heteroatoms. The second-order valence-electron chi connectivity index (χ2n) is 4.94. The topological polar surface area (TPSA) is 9.23 Å². The molecule has 18 heavy (non-hydrogen) atoms. The lowest BCUT2D eigenvalue weighted by atomic mass is 10.1. The molecule has 1 rings (SSSR count). The highest BCUT2D eigenvalue weighted by molar-refractivity contribution is 6.70. The molecule has 0 radical (unpaired) electrons. The maximum absolute atomic E-state index is 12.4. The quantitative estimate of drug-likeness (QED) is 0.561. The molecule has 0 unspecified atom stereocenters. The Labute approximate surface area is 106 Å². The van der Waals surface area contributed by atoms with Crippen LogP contribution in [0.1, 0.15) is 18.1 Å². The van der Waals surface area contributed by atoms with Crippen molar-refractivity contribution < 1.29 is 17.6 Å². The molecule has 0 saturated heterocycles. The summed E-state index contributed by atoms with van der Waals surface area (Å²) in [7, 11) is -1.76. The molecule has 0 heterocycles. The number of rotatable bonds is 3. The molecule has 0 bridgehead atoms. The number of halogens is 3. The van der Waals surface area contributed by atoms with Gasteiger partial charge in [-0.3, -0.25) is 0 Å². The monoisotopic (exact) mass is 274 g/mol. The molecule has 0 aliphatic rings. The molecule has 0 fully saturated rings. The van der Waals surface area contributed by atoms with E-state index in [1.165, 1.54) is 12.1 Å². The van der Waals surface area contributed by atoms with Crippen LogP contribution in [0, 0.1) is 0 Å². The molecule has 0 aliphatic heterocycles. The van der Waals surface area contributed by atoms with E-state index in [0.717, 1.165) is 12.1 Å². The molecule has 0 aromatic heterocycles. The van der Waals surface area contributed by atoms with Gasteiger partial charge in [-0.2, -0.15) is 13.2 Å². The summed E-state index contributed by atoms with van der Waals surface area (Å²) >= 11 is 0. The summed E-state index contributed by atoms with van der Waals surface area (Å²) in [5, 5.41) is 0. The zero-order valence-corrected chi connectivity index (χ0v) is 11.9. The fraction of sp³-hybridized carbons (Fsp3) is 0.385. The third kappa shape index (κ3) is 4.22. The van der Waals surface area contributed by atoms with Crippen LogP contribution >= 0.6 is 0 Å². The SMILES string of the molecule is C/C=C(\O[Si](C)(C)C)c1ccc(C(F)(F)F)cc1. The fourth-order valence-electron chi connectivity index (χ4n) is 1.44. The van der Waals surface area contributed by atoms with Gasteiger partial charge in [0.25, 0.3) is 0 Å². The van der Waals surface area contributed by atoms with Crippen LogP contribution in [0.4, 0.5) is 13.2 Å². The summed E-state index contributed by atoms with van der Waals surface area (Å²) in [4.78, 5) is 0. The molecular formula is C13H17F3OSi. The molecule has 0 N–H and O–H groups in total. The Balaban J connectivity index is 2.97. The molecule has 0 atom stereocenters. The van der Waals surface area contributed by atoms with Crippen molar-refractivity contribution >= 4 is 14.1 Å². The maximum atomic E-state index is 12.4. The Morgan fingerprint density at radius 2 is 1.61 bits per heavy atom. The average Bonchev–Trinajstić information content (AvgIpc) is 2.24. The van der Waals surface area contributed by atoms with Crippen LogP contribution in [0.15, 0.2) is 30.3 Å². The fourth-order valence-corrected chi connectivity index (χ4v) is 2.33. The lowest BCUT2D eigenvalue weighted by Crippen LogP contribution is -2.24. The number of hydrogen-bond donors (Lipinski definition) is 0. The first kappa shape index (κ1) is 14.8. The molecule has 1 nitrogen and oxygen atoms in total. The largest absolute Gasteiger partial charge is 0.544 e. The summed E-state index contributed by atoms with van der Waals surface area (Å²) in [5.41, 5.74) is 0.0302. The van der Waals surface area contributed by atoms with Gasteiger partial charge in [0.15, 0.2) is 0 Å². The van der Waals surface area contributed by atoms with Crippen LogP contribution in [0.5, 0.6) is 0 Å².